The summed E-state index contributed by atoms with van der Waals surface area (Å²) in [6.07, 6.45) is 6.12. The molecule has 0 bridgehead atoms. The van der Waals surface area contributed by atoms with E-state index in [9.17, 15) is 0 Å². The minimum atomic E-state index is 0.269. The average Bonchev–Trinajstić information content (AvgIpc) is 2.40. The van der Waals surface area contributed by atoms with Crippen LogP contribution < -0.4 is 0 Å². The smallest absolute Gasteiger partial charge is 0.0273 e. The third-order valence-corrected chi connectivity index (χ3v) is 3.56. The van der Waals surface area contributed by atoms with Crippen molar-refractivity contribution < 1.29 is 0 Å². The second-order valence-corrected chi connectivity index (χ2v) is 5.45. The van der Waals surface area contributed by atoms with Crippen LogP contribution in [0.5, 0.6) is 0 Å². The van der Waals surface area contributed by atoms with Gasteiger partial charge in [-0.2, -0.15) is 0 Å². The number of rotatable bonds is 4. The lowest BCUT2D eigenvalue weighted by atomic mass is 9.80. The largest absolute Gasteiger partial charge is 0.265 e. The molecule has 18 heavy (non-hydrogen) atoms. The van der Waals surface area contributed by atoms with Crippen LogP contribution in [-0.2, 0) is 5.41 Å². The van der Waals surface area contributed by atoms with Crippen molar-refractivity contribution >= 4 is 0 Å². The summed E-state index contributed by atoms with van der Waals surface area (Å²) in [6.45, 7) is 6.88. The van der Waals surface area contributed by atoms with Crippen LogP contribution in [-0.4, -0.2) is 4.98 Å². The molecule has 0 saturated carbocycles. The SMILES string of the molecule is CCCC(C)(C)c1ccc(-c2ccncc2)cc1. The predicted molar refractivity (Wildman–Crippen MR) is 77.6 cm³/mol. The molecule has 0 N–H and O–H groups in total. The number of pyridine rings is 1. The summed E-state index contributed by atoms with van der Waals surface area (Å²) in [4.78, 5) is 4.05. The highest BCUT2D eigenvalue weighted by Crippen LogP contribution is 2.30. The van der Waals surface area contributed by atoms with E-state index in [1.165, 1.54) is 29.5 Å². The minimum absolute atomic E-state index is 0.269. The van der Waals surface area contributed by atoms with Crippen LogP contribution in [0.1, 0.15) is 39.2 Å². The molecule has 0 saturated heterocycles. The summed E-state index contributed by atoms with van der Waals surface area (Å²) in [7, 11) is 0. The maximum absolute atomic E-state index is 4.05. The number of aromatic nitrogens is 1. The molecule has 2 aromatic rings. The van der Waals surface area contributed by atoms with E-state index in [2.05, 4.69) is 50.0 Å². The lowest BCUT2D eigenvalue weighted by Crippen LogP contribution is -2.16. The summed E-state index contributed by atoms with van der Waals surface area (Å²) in [5, 5.41) is 0. The zero-order valence-corrected chi connectivity index (χ0v) is 11.5. The molecule has 0 atom stereocenters. The molecular weight excluding hydrogens is 218 g/mol. The molecule has 0 radical (unpaired) electrons. The van der Waals surface area contributed by atoms with E-state index in [4.69, 9.17) is 0 Å². The second-order valence-electron chi connectivity index (χ2n) is 5.45. The van der Waals surface area contributed by atoms with Crippen molar-refractivity contribution in [3.63, 3.8) is 0 Å². The van der Waals surface area contributed by atoms with Gasteiger partial charge in [0.25, 0.3) is 0 Å². The first-order valence-corrected chi connectivity index (χ1v) is 6.64. The lowest BCUT2D eigenvalue weighted by molar-refractivity contribution is 0.473. The molecule has 0 fully saturated rings. The normalized spacial score (nSPS) is 11.5. The number of hydrogen-bond acceptors (Lipinski definition) is 1. The third-order valence-electron chi connectivity index (χ3n) is 3.56. The van der Waals surface area contributed by atoms with Crippen molar-refractivity contribution in [1.29, 1.82) is 0 Å². The predicted octanol–water partition coefficient (Wildman–Crippen LogP) is 4.83. The molecule has 0 aliphatic rings. The lowest BCUT2D eigenvalue weighted by Gasteiger charge is -2.24. The van der Waals surface area contributed by atoms with Gasteiger partial charge in [0.1, 0.15) is 0 Å². The Bertz CT molecular complexity index is 483. The van der Waals surface area contributed by atoms with Crippen molar-refractivity contribution in [1.82, 2.24) is 4.98 Å². The van der Waals surface area contributed by atoms with Crippen LogP contribution in [0.3, 0.4) is 0 Å². The molecule has 1 nitrogen and oxygen atoms in total. The van der Waals surface area contributed by atoms with Crippen molar-refractivity contribution in [3.05, 3.63) is 54.4 Å². The van der Waals surface area contributed by atoms with Crippen LogP contribution in [0.4, 0.5) is 0 Å². The van der Waals surface area contributed by atoms with E-state index >= 15 is 0 Å². The first-order chi connectivity index (χ1) is 8.63. The van der Waals surface area contributed by atoms with Gasteiger partial charge in [-0.1, -0.05) is 51.5 Å². The standard InChI is InChI=1S/C17H21N/c1-4-11-17(2,3)16-7-5-14(6-8-16)15-9-12-18-13-10-15/h5-10,12-13H,4,11H2,1-3H3. The summed E-state index contributed by atoms with van der Waals surface area (Å²) < 4.78 is 0. The molecule has 1 aromatic heterocycles. The summed E-state index contributed by atoms with van der Waals surface area (Å²) >= 11 is 0. The second kappa shape index (κ2) is 5.34. The van der Waals surface area contributed by atoms with Crippen LogP contribution in [0.2, 0.25) is 0 Å². The molecule has 0 unspecified atom stereocenters. The Morgan fingerprint density at radius 2 is 1.44 bits per heavy atom. The highest BCUT2D eigenvalue weighted by atomic mass is 14.6. The van der Waals surface area contributed by atoms with E-state index in [1.54, 1.807) is 0 Å². The first-order valence-electron chi connectivity index (χ1n) is 6.64. The molecule has 0 amide bonds. The van der Waals surface area contributed by atoms with Gasteiger partial charge in [0.15, 0.2) is 0 Å². The molecule has 0 aliphatic carbocycles. The highest BCUT2D eigenvalue weighted by molar-refractivity contribution is 5.63. The van der Waals surface area contributed by atoms with Gasteiger partial charge >= 0.3 is 0 Å². The topological polar surface area (TPSA) is 12.9 Å². The van der Waals surface area contributed by atoms with Gasteiger partial charge in [0.2, 0.25) is 0 Å². The Morgan fingerprint density at radius 1 is 0.889 bits per heavy atom. The fraction of sp³-hybridized carbons (Fsp3) is 0.353. The van der Waals surface area contributed by atoms with Crippen molar-refractivity contribution in [2.75, 3.05) is 0 Å². The van der Waals surface area contributed by atoms with Gasteiger partial charge in [-0.05, 0) is 40.7 Å². The van der Waals surface area contributed by atoms with Crippen molar-refractivity contribution in [2.45, 2.75) is 39.0 Å². The molecule has 1 aromatic carbocycles. The summed E-state index contributed by atoms with van der Waals surface area (Å²) in [6, 6.07) is 13.0. The molecule has 1 heteroatoms. The van der Waals surface area contributed by atoms with Gasteiger partial charge in [0, 0.05) is 12.4 Å². The molecule has 1 heterocycles. The Morgan fingerprint density at radius 3 is 2.00 bits per heavy atom. The van der Waals surface area contributed by atoms with Gasteiger partial charge < -0.3 is 0 Å². The van der Waals surface area contributed by atoms with Gasteiger partial charge in [-0.3, -0.25) is 4.98 Å². The molecular formula is C17H21N. The third kappa shape index (κ3) is 2.79. The average molecular weight is 239 g/mol. The molecule has 0 spiro atoms. The zero-order valence-electron chi connectivity index (χ0n) is 11.5. The highest BCUT2D eigenvalue weighted by Gasteiger charge is 2.18. The van der Waals surface area contributed by atoms with E-state index in [1.807, 2.05) is 24.5 Å². The molecule has 94 valence electrons. The summed E-state index contributed by atoms with van der Waals surface area (Å²) in [5.41, 5.74) is 4.17. The zero-order chi connectivity index (χ0) is 13.0. The van der Waals surface area contributed by atoms with Crippen LogP contribution in [0.25, 0.3) is 11.1 Å². The van der Waals surface area contributed by atoms with Gasteiger partial charge in [-0.25, -0.2) is 0 Å². The minimum Gasteiger partial charge on any atom is -0.265 e. The molecule has 0 aliphatic heterocycles. The molecule has 2 rings (SSSR count). The fourth-order valence-corrected chi connectivity index (χ4v) is 2.43. The van der Waals surface area contributed by atoms with Gasteiger partial charge in [0.05, 0.1) is 0 Å². The monoisotopic (exact) mass is 239 g/mol. The van der Waals surface area contributed by atoms with Crippen LogP contribution >= 0.6 is 0 Å². The summed E-state index contributed by atoms with van der Waals surface area (Å²) in [5.74, 6) is 0. The Hall–Kier alpha value is -1.63. The number of benzene rings is 1. The van der Waals surface area contributed by atoms with Crippen molar-refractivity contribution in [3.8, 4) is 11.1 Å². The number of hydrogen-bond donors (Lipinski definition) is 0. The number of nitrogens with zero attached hydrogens (tertiary/aromatic N) is 1. The fourth-order valence-electron chi connectivity index (χ4n) is 2.43. The van der Waals surface area contributed by atoms with Crippen LogP contribution in [0, 0.1) is 0 Å². The maximum atomic E-state index is 4.05. The quantitative estimate of drug-likeness (QED) is 0.745. The van der Waals surface area contributed by atoms with E-state index in [0.717, 1.165) is 0 Å². The Balaban J connectivity index is 2.26. The van der Waals surface area contributed by atoms with E-state index < -0.39 is 0 Å². The maximum Gasteiger partial charge on any atom is 0.0273 e. The first kappa shape index (κ1) is 12.8. The Labute approximate surface area is 110 Å². The van der Waals surface area contributed by atoms with Gasteiger partial charge in [-0.15, -0.1) is 0 Å². The van der Waals surface area contributed by atoms with E-state index in [-0.39, 0.29) is 5.41 Å². The van der Waals surface area contributed by atoms with Crippen LogP contribution in [0.15, 0.2) is 48.8 Å². The van der Waals surface area contributed by atoms with Crippen molar-refractivity contribution in [2.24, 2.45) is 0 Å². The van der Waals surface area contributed by atoms with E-state index in [0.29, 0.717) is 0 Å². The Kier molecular flexibility index (Phi) is 3.81.